The molecule has 0 aliphatic carbocycles. The fourth-order valence-electron chi connectivity index (χ4n) is 1.47. The lowest BCUT2D eigenvalue weighted by Crippen LogP contribution is -2.21. The molecular weight excluding hydrogens is 235 g/mol. The maximum absolute atomic E-state index is 13.6. The molecule has 0 saturated carbocycles. The first-order chi connectivity index (χ1) is 8.16. The van der Waals surface area contributed by atoms with Crippen LogP contribution in [-0.2, 0) is 6.54 Å². The van der Waals surface area contributed by atoms with Crippen molar-refractivity contribution in [3.63, 3.8) is 0 Å². The molecule has 0 spiro atoms. The fraction of sp³-hybridized carbons (Fsp3) is 0.308. The number of thiazole rings is 1. The number of nitrogens with one attached hydrogen (secondary N) is 1. The standard InChI is InChI=1S/C13H15FN2S/c1-9(2)15-8-13-16-7-12(17-13)10-5-3-4-6-11(10)14/h3-7,9,15H,8H2,1-2H3. The maximum Gasteiger partial charge on any atom is 0.131 e. The third-order valence-electron chi connectivity index (χ3n) is 2.35. The highest BCUT2D eigenvalue weighted by Crippen LogP contribution is 2.28. The summed E-state index contributed by atoms with van der Waals surface area (Å²) in [4.78, 5) is 5.17. The van der Waals surface area contributed by atoms with E-state index in [1.807, 2.05) is 6.07 Å². The first-order valence-corrected chi connectivity index (χ1v) is 6.41. The molecule has 0 radical (unpaired) electrons. The zero-order chi connectivity index (χ0) is 12.3. The first-order valence-electron chi connectivity index (χ1n) is 5.60. The smallest absolute Gasteiger partial charge is 0.131 e. The average molecular weight is 250 g/mol. The summed E-state index contributed by atoms with van der Waals surface area (Å²) < 4.78 is 13.6. The number of nitrogens with zero attached hydrogens (tertiary/aromatic N) is 1. The quantitative estimate of drug-likeness (QED) is 0.899. The van der Waals surface area contributed by atoms with Gasteiger partial charge in [0.15, 0.2) is 0 Å². The molecule has 0 unspecified atom stereocenters. The molecule has 2 nitrogen and oxygen atoms in total. The van der Waals surface area contributed by atoms with Crippen molar-refractivity contribution in [2.45, 2.75) is 26.4 Å². The molecule has 0 saturated heterocycles. The molecular formula is C13H15FN2S. The summed E-state index contributed by atoms with van der Waals surface area (Å²) in [6.07, 6.45) is 1.74. The summed E-state index contributed by atoms with van der Waals surface area (Å²) in [5, 5.41) is 4.28. The van der Waals surface area contributed by atoms with E-state index in [1.165, 1.54) is 17.4 Å². The molecule has 4 heteroatoms. The second kappa shape index (κ2) is 5.38. The number of benzene rings is 1. The molecule has 90 valence electrons. The van der Waals surface area contributed by atoms with Gasteiger partial charge in [0.05, 0.1) is 4.88 Å². The Labute approximate surface area is 105 Å². The van der Waals surface area contributed by atoms with Crippen molar-refractivity contribution in [1.82, 2.24) is 10.3 Å². The summed E-state index contributed by atoms with van der Waals surface area (Å²) in [6, 6.07) is 7.21. The van der Waals surface area contributed by atoms with E-state index in [1.54, 1.807) is 18.3 Å². The minimum absolute atomic E-state index is 0.195. The summed E-state index contributed by atoms with van der Waals surface area (Å²) in [5.41, 5.74) is 0.626. The maximum atomic E-state index is 13.6. The summed E-state index contributed by atoms with van der Waals surface area (Å²) in [6.45, 7) is 4.91. The molecule has 0 fully saturated rings. The van der Waals surface area contributed by atoms with Crippen LogP contribution in [0.25, 0.3) is 10.4 Å². The summed E-state index contributed by atoms with van der Waals surface area (Å²) in [5.74, 6) is -0.195. The number of hydrogen-bond acceptors (Lipinski definition) is 3. The van der Waals surface area contributed by atoms with Crippen LogP contribution in [0.1, 0.15) is 18.9 Å². The first kappa shape index (κ1) is 12.2. The van der Waals surface area contributed by atoms with Gasteiger partial charge in [0.25, 0.3) is 0 Å². The van der Waals surface area contributed by atoms with Crippen LogP contribution in [0.3, 0.4) is 0 Å². The monoisotopic (exact) mass is 250 g/mol. The molecule has 0 atom stereocenters. The Morgan fingerprint density at radius 2 is 2.12 bits per heavy atom. The Hall–Kier alpha value is -1.26. The molecule has 1 heterocycles. The number of aromatic nitrogens is 1. The summed E-state index contributed by atoms with van der Waals surface area (Å²) in [7, 11) is 0. The van der Waals surface area contributed by atoms with E-state index < -0.39 is 0 Å². The second-order valence-electron chi connectivity index (χ2n) is 4.13. The van der Waals surface area contributed by atoms with Gasteiger partial charge in [0.2, 0.25) is 0 Å². The highest BCUT2D eigenvalue weighted by molar-refractivity contribution is 7.15. The van der Waals surface area contributed by atoms with Gasteiger partial charge in [-0.1, -0.05) is 32.0 Å². The van der Waals surface area contributed by atoms with Gasteiger partial charge in [0, 0.05) is 24.3 Å². The molecule has 1 aromatic heterocycles. The van der Waals surface area contributed by atoms with Gasteiger partial charge in [-0.05, 0) is 6.07 Å². The summed E-state index contributed by atoms with van der Waals surface area (Å²) >= 11 is 1.53. The van der Waals surface area contributed by atoms with Gasteiger partial charge in [-0.15, -0.1) is 11.3 Å². The van der Waals surface area contributed by atoms with Crippen molar-refractivity contribution in [2.75, 3.05) is 0 Å². The third kappa shape index (κ3) is 3.11. The molecule has 0 bridgehead atoms. The molecule has 2 aromatic rings. The molecule has 1 aromatic carbocycles. The van der Waals surface area contributed by atoms with Crippen LogP contribution in [0.2, 0.25) is 0 Å². The highest BCUT2D eigenvalue weighted by Gasteiger charge is 2.08. The normalized spacial score (nSPS) is 11.1. The van der Waals surface area contributed by atoms with Crippen molar-refractivity contribution in [2.24, 2.45) is 0 Å². The Morgan fingerprint density at radius 3 is 2.82 bits per heavy atom. The van der Waals surface area contributed by atoms with Crippen LogP contribution < -0.4 is 5.32 Å². The van der Waals surface area contributed by atoms with Gasteiger partial charge in [-0.3, -0.25) is 0 Å². The number of hydrogen-bond donors (Lipinski definition) is 1. The van der Waals surface area contributed by atoms with E-state index in [0.29, 0.717) is 11.6 Å². The minimum Gasteiger partial charge on any atom is -0.308 e. The number of rotatable bonds is 4. The van der Waals surface area contributed by atoms with Gasteiger partial charge >= 0.3 is 0 Å². The molecule has 1 N–H and O–H groups in total. The van der Waals surface area contributed by atoms with Crippen molar-refractivity contribution in [1.29, 1.82) is 0 Å². The number of halogens is 1. The Balaban J connectivity index is 2.16. The zero-order valence-electron chi connectivity index (χ0n) is 9.90. The molecule has 0 aliphatic heterocycles. The molecule has 2 rings (SSSR count). The topological polar surface area (TPSA) is 24.9 Å². The molecule has 0 amide bonds. The van der Waals surface area contributed by atoms with Crippen molar-refractivity contribution in [3.8, 4) is 10.4 Å². The van der Waals surface area contributed by atoms with E-state index in [-0.39, 0.29) is 5.82 Å². The van der Waals surface area contributed by atoms with Crippen molar-refractivity contribution in [3.05, 3.63) is 41.3 Å². The fourth-order valence-corrected chi connectivity index (χ4v) is 2.36. The largest absolute Gasteiger partial charge is 0.308 e. The Morgan fingerprint density at radius 1 is 1.35 bits per heavy atom. The van der Waals surface area contributed by atoms with E-state index in [0.717, 1.165) is 16.4 Å². The lowest BCUT2D eigenvalue weighted by atomic mass is 10.2. The highest BCUT2D eigenvalue weighted by atomic mass is 32.1. The van der Waals surface area contributed by atoms with Crippen LogP contribution in [-0.4, -0.2) is 11.0 Å². The molecule has 17 heavy (non-hydrogen) atoms. The second-order valence-corrected chi connectivity index (χ2v) is 5.25. The lowest BCUT2D eigenvalue weighted by Gasteiger charge is -2.04. The predicted octanol–water partition coefficient (Wildman–Crippen LogP) is 3.45. The molecule has 0 aliphatic rings. The minimum atomic E-state index is -0.195. The van der Waals surface area contributed by atoms with Crippen LogP contribution in [0.5, 0.6) is 0 Å². The van der Waals surface area contributed by atoms with Crippen molar-refractivity contribution < 1.29 is 4.39 Å². The Bertz CT molecular complexity index is 494. The van der Waals surface area contributed by atoms with Gasteiger partial charge in [-0.25, -0.2) is 9.37 Å². The van der Waals surface area contributed by atoms with Crippen LogP contribution >= 0.6 is 11.3 Å². The van der Waals surface area contributed by atoms with E-state index in [4.69, 9.17) is 0 Å². The van der Waals surface area contributed by atoms with Crippen LogP contribution in [0.15, 0.2) is 30.5 Å². The third-order valence-corrected chi connectivity index (χ3v) is 3.39. The van der Waals surface area contributed by atoms with Crippen molar-refractivity contribution >= 4 is 11.3 Å². The van der Waals surface area contributed by atoms with Crippen LogP contribution in [0.4, 0.5) is 4.39 Å². The van der Waals surface area contributed by atoms with E-state index in [9.17, 15) is 4.39 Å². The SMILES string of the molecule is CC(C)NCc1ncc(-c2ccccc2F)s1. The van der Waals surface area contributed by atoms with Gasteiger partial charge < -0.3 is 5.32 Å². The van der Waals surface area contributed by atoms with Gasteiger partial charge in [-0.2, -0.15) is 0 Å². The van der Waals surface area contributed by atoms with E-state index >= 15 is 0 Å². The predicted molar refractivity (Wildman–Crippen MR) is 69.5 cm³/mol. The lowest BCUT2D eigenvalue weighted by molar-refractivity contribution is 0.587. The zero-order valence-corrected chi connectivity index (χ0v) is 10.7. The Kier molecular flexibility index (Phi) is 3.86. The average Bonchev–Trinajstić information content (AvgIpc) is 2.75. The van der Waals surface area contributed by atoms with Crippen LogP contribution in [0, 0.1) is 5.82 Å². The van der Waals surface area contributed by atoms with E-state index in [2.05, 4.69) is 24.1 Å². The van der Waals surface area contributed by atoms with Gasteiger partial charge in [0.1, 0.15) is 10.8 Å².